The number of carbonyl (C=O) groups is 1. The summed E-state index contributed by atoms with van der Waals surface area (Å²) in [6.07, 6.45) is 15.7. The first-order chi connectivity index (χ1) is 19.1. The van der Waals surface area contributed by atoms with Crippen molar-refractivity contribution in [2.24, 2.45) is 5.92 Å². The summed E-state index contributed by atoms with van der Waals surface area (Å²) in [5, 5.41) is 20.8. The summed E-state index contributed by atoms with van der Waals surface area (Å²) in [6, 6.07) is 1.62. The highest BCUT2D eigenvalue weighted by Crippen LogP contribution is 2.31. The zero-order valence-corrected chi connectivity index (χ0v) is 23.2. The van der Waals surface area contributed by atoms with Crippen LogP contribution in [0.3, 0.4) is 0 Å². The molecular formula is C29H44N8O2. The van der Waals surface area contributed by atoms with Crippen LogP contribution in [0.15, 0.2) is 35.8 Å². The maximum atomic E-state index is 12.1. The van der Waals surface area contributed by atoms with Crippen LogP contribution in [0, 0.1) is 17.8 Å². The molecule has 5 heterocycles. The fraction of sp³-hybridized carbons (Fsp3) is 0.690. The van der Waals surface area contributed by atoms with Crippen LogP contribution in [0.5, 0.6) is 0 Å². The summed E-state index contributed by atoms with van der Waals surface area (Å²) in [6.45, 7) is 7.07. The number of hydrazine groups is 1. The number of rotatable bonds is 5. The van der Waals surface area contributed by atoms with E-state index in [1.165, 1.54) is 5.57 Å². The Morgan fingerprint density at radius 2 is 2.08 bits per heavy atom. The van der Waals surface area contributed by atoms with Crippen LogP contribution in [0.1, 0.15) is 52.4 Å². The lowest BCUT2D eigenvalue weighted by Gasteiger charge is -2.48. The second kappa shape index (κ2) is 12.0. The largest absolute Gasteiger partial charge is 0.490 e. The van der Waals surface area contributed by atoms with Gasteiger partial charge >= 0.3 is 0 Å². The SMILES string of the molecule is CC#CC(=O)N1CC=C(C2CCC3NCNC(NC4CCC(OC5=CC6NCNN6C=C5)C(C)C4)C3N2)CC1. The lowest BCUT2D eigenvalue weighted by molar-refractivity contribution is -0.124. The molecule has 10 heteroatoms. The molecule has 1 aliphatic carbocycles. The number of piperidine rings is 1. The Morgan fingerprint density at radius 3 is 2.90 bits per heavy atom. The van der Waals surface area contributed by atoms with Gasteiger partial charge in [0.15, 0.2) is 0 Å². The van der Waals surface area contributed by atoms with E-state index in [1.54, 1.807) is 6.92 Å². The maximum absolute atomic E-state index is 12.1. The summed E-state index contributed by atoms with van der Waals surface area (Å²) in [7, 11) is 0. The monoisotopic (exact) mass is 536 g/mol. The van der Waals surface area contributed by atoms with Crippen molar-refractivity contribution < 1.29 is 9.53 Å². The van der Waals surface area contributed by atoms with Crippen molar-refractivity contribution >= 4 is 5.91 Å². The zero-order valence-electron chi connectivity index (χ0n) is 23.2. The first-order valence-electron chi connectivity index (χ1n) is 14.8. The number of amides is 1. The van der Waals surface area contributed by atoms with Crippen LogP contribution >= 0.6 is 0 Å². The number of fused-ring (bicyclic) bond motifs is 2. The van der Waals surface area contributed by atoms with Crippen molar-refractivity contribution in [3.05, 3.63) is 35.8 Å². The minimum absolute atomic E-state index is 0.0644. The van der Waals surface area contributed by atoms with Crippen molar-refractivity contribution in [1.82, 2.24) is 41.9 Å². The van der Waals surface area contributed by atoms with Gasteiger partial charge < -0.3 is 15.0 Å². The molecule has 8 unspecified atom stereocenters. The molecule has 1 saturated carbocycles. The average Bonchev–Trinajstić information content (AvgIpc) is 3.43. The van der Waals surface area contributed by atoms with Crippen molar-refractivity contribution in [2.45, 2.75) is 95.0 Å². The lowest BCUT2D eigenvalue weighted by atomic mass is 9.82. The summed E-state index contributed by atoms with van der Waals surface area (Å²) < 4.78 is 6.47. The fourth-order valence-electron chi connectivity index (χ4n) is 7.06. The van der Waals surface area contributed by atoms with Gasteiger partial charge in [-0.2, -0.15) is 0 Å². The topological polar surface area (TPSA) is 105 Å². The van der Waals surface area contributed by atoms with Gasteiger partial charge in [-0.3, -0.25) is 31.1 Å². The Labute approximate surface area is 232 Å². The molecule has 10 nitrogen and oxygen atoms in total. The number of allylic oxidation sites excluding steroid dienone is 1. The second-order valence-electron chi connectivity index (χ2n) is 11.7. The molecule has 8 atom stereocenters. The van der Waals surface area contributed by atoms with Crippen molar-refractivity contribution in [3.63, 3.8) is 0 Å². The third-order valence-electron chi connectivity index (χ3n) is 9.24. The summed E-state index contributed by atoms with van der Waals surface area (Å²) in [4.78, 5) is 14.0. The van der Waals surface area contributed by atoms with Gasteiger partial charge in [0.1, 0.15) is 18.0 Å². The first kappa shape index (κ1) is 26.8. The van der Waals surface area contributed by atoms with E-state index in [0.717, 1.165) is 64.2 Å². The number of hydrogen-bond donors (Lipinski definition) is 6. The summed E-state index contributed by atoms with van der Waals surface area (Å²) in [5.74, 6) is 6.79. The molecule has 0 aromatic carbocycles. The quantitative estimate of drug-likeness (QED) is 0.220. The highest BCUT2D eigenvalue weighted by molar-refractivity contribution is 5.93. The normalized spacial score (nSPS) is 38.1. The molecule has 39 heavy (non-hydrogen) atoms. The molecule has 0 spiro atoms. The predicted octanol–water partition coefficient (Wildman–Crippen LogP) is 0.402. The van der Waals surface area contributed by atoms with Gasteiger partial charge in [-0.05, 0) is 69.4 Å². The Balaban J connectivity index is 1.02. The Morgan fingerprint density at radius 1 is 1.15 bits per heavy atom. The van der Waals surface area contributed by atoms with Gasteiger partial charge in [-0.1, -0.05) is 24.5 Å². The molecule has 0 bridgehead atoms. The highest BCUT2D eigenvalue weighted by atomic mass is 16.5. The van der Waals surface area contributed by atoms with E-state index in [-0.39, 0.29) is 24.3 Å². The smallest absolute Gasteiger partial charge is 0.298 e. The zero-order chi connectivity index (χ0) is 26.8. The number of hydrogen-bond acceptors (Lipinski definition) is 9. The molecule has 0 aromatic heterocycles. The maximum Gasteiger partial charge on any atom is 0.298 e. The predicted molar refractivity (Wildman–Crippen MR) is 150 cm³/mol. The van der Waals surface area contributed by atoms with Crippen LogP contribution in [-0.4, -0.2) is 84.8 Å². The van der Waals surface area contributed by atoms with Gasteiger partial charge in [0.05, 0.1) is 18.9 Å². The minimum atomic E-state index is -0.0644. The van der Waals surface area contributed by atoms with Crippen molar-refractivity contribution in [2.75, 3.05) is 26.4 Å². The van der Waals surface area contributed by atoms with Gasteiger partial charge in [0, 0.05) is 44.1 Å². The molecule has 6 rings (SSSR count). The first-order valence-corrected chi connectivity index (χ1v) is 14.8. The van der Waals surface area contributed by atoms with Crippen LogP contribution in [0.2, 0.25) is 0 Å². The van der Waals surface area contributed by atoms with E-state index in [1.807, 2.05) is 4.90 Å². The number of ether oxygens (including phenoxy) is 1. The molecule has 1 amide bonds. The van der Waals surface area contributed by atoms with Gasteiger partial charge in [0.2, 0.25) is 0 Å². The number of nitrogens with one attached hydrogen (secondary N) is 6. The van der Waals surface area contributed by atoms with E-state index in [4.69, 9.17) is 4.74 Å². The Bertz CT molecular complexity index is 1060. The second-order valence-corrected chi connectivity index (χ2v) is 11.7. The molecular weight excluding hydrogens is 492 g/mol. The molecule has 212 valence electrons. The van der Waals surface area contributed by atoms with Crippen LogP contribution in [0.25, 0.3) is 0 Å². The fourth-order valence-corrected chi connectivity index (χ4v) is 7.06. The Kier molecular flexibility index (Phi) is 8.25. The molecule has 0 aromatic rings. The van der Waals surface area contributed by atoms with Crippen LogP contribution in [0.4, 0.5) is 0 Å². The lowest BCUT2D eigenvalue weighted by Crippen LogP contribution is -2.73. The Hall–Kier alpha value is -2.39. The minimum Gasteiger partial charge on any atom is -0.490 e. The third kappa shape index (κ3) is 6.04. The van der Waals surface area contributed by atoms with Crippen LogP contribution in [-0.2, 0) is 9.53 Å². The van der Waals surface area contributed by atoms with Gasteiger partial charge in [-0.25, -0.2) is 5.43 Å². The third-order valence-corrected chi connectivity index (χ3v) is 9.24. The number of nitrogens with zero attached hydrogens (tertiary/aromatic N) is 2. The molecule has 6 N–H and O–H groups in total. The van der Waals surface area contributed by atoms with Crippen molar-refractivity contribution in [1.29, 1.82) is 0 Å². The van der Waals surface area contributed by atoms with E-state index < -0.39 is 0 Å². The molecule has 0 radical (unpaired) electrons. The van der Waals surface area contributed by atoms with E-state index in [0.29, 0.717) is 36.6 Å². The van der Waals surface area contributed by atoms with Crippen molar-refractivity contribution in [3.8, 4) is 11.8 Å². The molecule has 4 fully saturated rings. The van der Waals surface area contributed by atoms with E-state index in [9.17, 15) is 4.79 Å². The standard InChI is InChI=1S/C29H44N8O2/c1-3-4-27(38)36-12-9-20(10-13-36)23-6-7-24-28(35-23)29(32-17-30-24)34-21-5-8-25(19(2)15-21)39-22-11-14-37-26(16-22)31-18-33-37/h9,11,14,16,19,21,23-26,28-35H,5-8,10,12-13,15,17-18H2,1-2H3. The van der Waals surface area contributed by atoms with E-state index >= 15 is 0 Å². The number of carbonyl (C=O) groups excluding carboxylic acids is 1. The molecule has 3 saturated heterocycles. The van der Waals surface area contributed by atoms with Gasteiger partial charge in [0.25, 0.3) is 5.91 Å². The average molecular weight is 537 g/mol. The summed E-state index contributed by atoms with van der Waals surface area (Å²) >= 11 is 0. The molecule has 5 aliphatic heterocycles. The summed E-state index contributed by atoms with van der Waals surface area (Å²) in [5.41, 5.74) is 4.72. The van der Waals surface area contributed by atoms with Crippen LogP contribution < -0.4 is 32.0 Å². The van der Waals surface area contributed by atoms with E-state index in [2.05, 4.69) is 80.2 Å². The van der Waals surface area contributed by atoms with Gasteiger partial charge in [-0.15, -0.1) is 0 Å². The highest BCUT2D eigenvalue weighted by Gasteiger charge is 2.40. The molecule has 6 aliphatic rings.